The predicted octanol–water partition coefficient (Wildman–Crippen LogP) is 2.70. The number of carboxylic acids is 1. The highest BCUT2D eigenvalue weighted by molar-refractivity contribution is 14.1. The average molecular weight is 456 g/mol. The van der Waals surface area contributed by atoms with Crippen molar-refractivity contribution < 1.29 is 14.7 Å². The van der Waals surface area contributed by atoms with Gasteiger partial charge in [-0.25, -0.2) is 4.79 Å². The van der Waals surface area contributed by atoms with Gasteiger partial charge in [-0.3, -0.25) is 4.79 Å². The molecule has 1 atom stereocenters. The largest absolute Gasteiger partial charge is 0.480 e. The Balaban J connectivity index is 2.31. The zero-order valence-electron chi connectivity index (χ0n) is 9.81. The van der Waals surface area contributed by atoms with Gasteiger partial charge in [0.15, 0.2) is 0 Å². The van der Waals surface area contributed by atoms with Crippen molar-refractivity contribution in [1.29, 1.82) is 0 Å². The molecule has 1 aromatic rings. The molecule has 1 saturated heterocycles. The fourth-order valence-corrected chi connectivity index (χ4v) is 3.83. The molecule has 2 rings (SSSR count). The van der Waals surface area contributed by atoms with Gasteiger partial charge in [0.2, 0.25) is 0 Å². The molecule has 102 valence electrons. The first-order chi connectivity index (χ1) is 9.00. The molecule has 1 heterocycles. The molecule has 1 aromatic carbocycles. The summed E-state index contributed by atoms with van der Waals surface area (Å²) in [5, 5.41) is 9.21. The molecular formula is C12H11BrINO3S. The highest BCUT2D eigenvalue weighted by Gasteiger charge is 2.33. The lowest BCUT2D eigenvalue weighted by Crippen LogP contribution is -2.50. The van der Waals surface area contributed by atoms with E-state index in [-0.39, 0.29) is 5.91 Å². The molecule has 0 aliphatic carbocycles. The van der Waals surface area contributed by atoms with Crippen LogP contribution in [0.25, 0.3) is 0 Å². The van der Waals surface area contributed by atoms with Gasteiger partial charge in [-0.1, -0.05) is 15.9 Å². The Hall–Kier alpha value is -0.280. The van der Waals surface area contributed by atoms with Crippen LogP contribution in [-0.4, -0.2) is 46.0 Å². The van der Waals surface area contributed by atoms with E-state index >= 15 is 0 Å². The van der Waals surface area contributed by atoms with Crippen LogP contribution in [0.15, 0.2) is 22.7 Å². The van der Waals surface area contributed by atoms with E-state index in [0.717, 1.165) is 13.8 Å². The fourth-order valence-electron chi connectivity index (χ4n) is 1.87. The lowest BCUT2D eigenvalue weighted by molar-refractivity contribution is -0.141. The molecule has 0 aromatic heterocycles. The topological polar surface area (TPSA) is 57.6 Å². The third-order valence-electron chi connectivity index (χ3n) is 2.83. The molecule has 1 N–H and O–H groups in total. The van der Waals surface area contributed by atoms with Gasteiger partial charge in [-0.05, 0) is 40.8 Å². The van der Waals surface area contributed by atoms with Crippen molar-refractivity contribution in [3.05, 3.63) is 31.8 Å². The van der Waals surface area contributed by atoms with Crippen molar-refractivity contribution >= 4 is 62.2 Å². The molecule has 0 spiro atoms. The summed E-state index contributed by atoms with van der Waals surface area (Å²) in [4.78, 5) is 25.2. The number of aliphatic carboxylic acids is 1. The number of hydrogen-bond acceptors (Lipinski definition) is 3. The van der Waals surface area contributed by atoms with Crippen molar-refractivity contribution in [2.75, 3.05) is 18.1 Å². The number of carboxylic acid groups (broad SMARTS) is 1. The van der Waals surface area contributed by atoms with E-state index in [1.54, 1.807) is 17.8 Å². The Kier molecular flexibility index (Phi) is 5.13. The summed E-state index contributed by atoms with van der Waals surface area (Å²) in [6.45, 7) is 0.475. The molecule has 1 aliphatic heterocycles. The van der Waals surface area contributed by atoms with Crippen LogP contribution in [-0.2, 0) is 4.79 Å². The highest BCUT2D eigenvalue weighted by atomic mass is 127. The predicted molar refractivity (Wildman–Crippen MR) is 86.6 cm³/mol. The van der Waals surface area contributed by atoms with Crippen LogP contribution in [0.5, 0.6) is 0 Å². The number of hydrogen-bond donors (Lipinski definition) is 1. The average Bonchev–Trinajstić information content (AvgIpc) is 2.40. The van der Waals surface area contributed by atoms with E-state index in [2.05, 4.69) is 38.5 Å². The van der Waals surface area contributed by atoms with Crippen LogP contribution in [0.4, 0.5) is 0 Å². The van der Waals surface area contributed by atoms with Crippen LogP contribution < -0.4 is 0 Å². The Bertz CT molecular complexity index is 526. The van der Waals surface area contributed by atoms with E-state index in [0.29, 0.717) is 17.9 Å². The second-order valence-corrected chi connectivity index (χ2v) is 7.28. The molecule has 0 saturated carbocycles. The summed E-state index contributed by atoms with van der Waals surface area (Å²) in [5.41, 5.74) is 0.549. The maximum absolute atomic E-state index is 12.5. The number of thioether (sulfide) groups is 1. The van der Waals surface area contributed by atoms with E-state index in [4.69, 9.17) is 0 Å². The van der Waals surface area contributed by atoms with E-state index in [9.17, 15) is 14.7 Å². The summed E-state index contributed by atoms with van der Waals surface area (Å²) in [5.74, 6) is 0.0788. The molecule has 1 amide bonds. The van der Waals surface area contributed by atoms with Crippen LogP contribution in [0.3, 0.4) is 0 Å². The molecule has 0 radical (unpaired) electrons. The second-order valence-electron chi connectivity index (χ2n) is 4.05. The minimum absolute atomic E-state index is 0.210. The first-order valence-electron chi connectivity index (χ1n) is 5.57. The van der Waals surface area contributed by atoms with Crippen LogP contribution in [0.2, 0.25) is 0 Å². The number of rotatable bonds is 2. The molecule has 19 heavy (non-hydrogen) atoms. The van der Waals surface area contributed by atoms with Gasteiger partial charge in [-0.15, -0.1) is 0 Å². The number of carbonyl (C=O) groups is 2. The Morgan fingerprint density at radius 2 is 2.21 bits per heavy atom. The molecule has 7 heteroatoms. The molecule has 0 bridgehead atoms. The van der Waals surface area contributed by atoms with Crippen molar-refractivity contribution in [2.24, 2.45) is 0 Å². The van der Waals surface area contributed by atoms with Gasteiger partial charge in [0.05, 0.1) is 5.56 Å². The van der Waals surface area contributed by atoms with Crippen molar-refractivity contribution in [3.63, 3.8) is 0 Å². The summed E-state index contributed by atoms with van der Waals surface area (Å²) >= 11 is 7.00. The van der Waals surface area contributed by atoms with Crippen molar-refractivity contribution in [2.45, 2.75) is 6.04 Å². The molecule has 4 nitrogen and oxygen atoms in total. The highest BCUT2D eigenvalue weighted by Crippen LogP contribution is 2.24. The first-order valence-corrected chi connectivity index (χ1v) is 8.60. The smallest absolute Gasteiger partial charge is 0.327 e. The molecule has 1 fully saturated rings. The Morgan fingerprint density at radius 3 is 2.89 bits per heavy atom. The Labute approximate surface area is 137 Å². The van der Waals surface area contributed by atoms with Gasteiger partial charge in [0, 0.05) is 26.1 Å². The number of nitrogens with zero attached hydrogens (tertiary/aromatic N) is 1. The second kappa shape index (κ2) is 6.45. The quantitative estimate of drug-likeness (QED) is 0.696. The summed E-state index contributed by atoms with van der Waals surface area (Å²) in [6, 6.07) is 4.71. The minimum atomic E-state index is -0.939. The maximum atomic E-state index is 12.5. The van der Waals surface area contributed by atoms with Crippen molar-refractivity contribution in [1.82, 2.24) is 4.90 Å². The SMILES string of the molecule is O=C(O)C1CSCCN1C(=O)c1cc(Br)ccc1I. The third kappa shape index (κ3) is 3.43. The van der Waals surface area contributed by atoms with Crippen LogP contribution in [0.1, 0.15) is 10.4 Å². The summed E-state index contributed by atoms with van der Waals surface area (Å²) < 4.78 is 1.64. The monoisotopic (exact) mass is 455 g/mol. The fraction of sp³-hybridized carbons (Fsp3) is 0.333. The van der Waals surface area contributed by atoms with Crippen LogP contribution >= 0.6 is 50.3 Å². The number of benzene rings is 1. The minimum Gasteiger partial charge on any atom is -0.480 e. The molecule has 1 aliphatic rings. The van der Waals surface area contributed by atoms with Gasteiger partial charge in [0.1, 0.15) is 6.04 Å². The van der Waals surface area contributed by atoms with E-state index in [1.807, 2.05) is 12.1 Å². The normalized spacial score (nSPS) is 19.3. The van der Waals surface area contributed by atoms with E-state index < -0.39 is 12.0 Å². The van der Waals surface area contributed by atoms with Gasteiger partial charge >= 0.3 is 5.97 Å². The maximum Gasteiger partial charge on any atom is 0.327 e. The lowest BCUT2D eigenvalue weighted by atomic mass is 10.1. The number of carbonyl (C=O) groups excluding carboxylic acids is 1. The molecular weight excluding hydrogens is 445 g/mol. The standard InChI is InChI=1S/C12H11BrINO3S/c13-7-1-2-9(14)8(5-7)11(16)15-3-4-19-6-10(15)12(17)18/h1-2,5,10H,3-4,6H2,(H,17,18). The van der Waals surface area contributed by atoms with Crippen molar-refractivity contribution in [3.8, 4) is 0 Å². The number of amides is 1. The first kappa shape index (κ1) is 15.1. The van der Waals surface area contributed by atoms with E-state index in [1.165, 1.54) is 4.90 Å². The Morgan fingerprint density at radius 1 is 1.47 bits per heavy atom. The van der Waals surface area contributed by atoms with Gasteiger partial charge in [-0.2, -0.15) is 11.8 Å². The third-order valence-corrected chi connectivity index (χ3v) is 5.29. The summed E-state index contributed by atoms with van der Waals surface area (Å²) in [6.07, 6.45) is 0. The van der Waals surface area contributed by atoms with Gasteiger partial charge < -0.3 is 10.0 Å². The number of halogens is 2. The zero-order chi connectivity index (χ0) is 14.0. The lowest BCUT2D eigenvalue weighted by Gasteiger charge is -2.32. The van der Waals surface area contributed by atoms with Gasteiger partial charge in [0.25, 0.3) is 5.91 Å². The molecule has 1 unspecified atom stereocenters. The zero-order valence-corrected chi connectivity index (χ0v) is 14.4. The summed E-state index contributed by atoms with van der Waals surface area (Å²) in [7, 11) is 0. The van der Waals surface area contributed by atoms with Crippen LogP contribution in [0, 0.1) is 3.57 Å².